The van der Waals surface area contributed by atoms with Crippen molar-refractivity contribution in [2.24, 2.45) is 0 Å². The van der Waals surface area contributed by atoms with Crippen LogP contribution in [0.5, 0.6) is 5.75 Å². The van der Waals surface area contributed by atoms with Crippen LogP contribution in [0.15, 0.2) is 24.3 Å². The smallest absolute Gasteiger partial charge is 0.428 e. The summed E-state index contributed by atoms with van der Waals surface area (Å²) in [6.45, 7) is 1.77. The number of benzene rings is 1. The zero-order valence-electron chi connectivity index (χ0n) is 15.1. The molecule has 1 amide bonds. The molecule has 0 aromatic heterocycles. The van der Waals surface area contributed by atoms with E-state index in [0.717, 1.165) is 12.8 Å². The van der Waals surface area contributed by atoms with Crippen molar-refractivity contribution in [3.05, 3.63) is 29.3 Å². The average molecular weight is 395 g/mol. The van der Waals surface area contributed by atoms with Crippen LogP contribution in [0, 0.1) is 0 Å². The van der Waals surface area contributed by atoms with Gasteiger partial charge in [0, 0.05) is 24.4 Å². The summed E-state index contributed by atoms with van der Waals surface area (Å²) in [7, 11) is 0. The maximum absolute atomic E-state index is 11.6. The van der Waals surface area contributed by atoms with Gasteiger partial charge in [0.15, 0.2) is 0 Å². The van der Waals surface area contributed by atoms with Gasteiger partial charge in [0.2, 0.25) is 6.79 Å². The van der Waals surface area contributed by atoms with Gasteiger partial charge in [-0.2, -0.15) is 0 Å². The van der Waals surface area contributed by atoms with Gasteiger partial charge in [-0.1, -0.05) is 24.9 Å². The number of amides is 1. The Morgan fingerprint density at radius 2 is 1.65 bits per heavy atom. The van der Waals surface area contributed by atoms with Crippen molar-refractivity contribution >= 4 is 29.6 Å². The minimum atomic E-state index is -0.714. The number of nitrogens with one attached hydrogen (secondary N) is 1. The topological polar surface area (TPSA) is 90.9 Å². The maximum Gasteiger partial charge on any atom is 1.00 e. The van der Waals surface area contributed by atoms with Crippen LogP contribution in [0.25, 0.3) is 0 Å². The first-order chi connectivity index (χ1) is 12.0. The fourth-order valence-corrected chi connectivity index (χ4v) is 1.83. The van der Waals surface area contributed by atoms with Crippen LogP contribution in [0.1, 0.15) is 39.0 Å². The normalized spacial score (nSPS) is 9.62. The van der Waals surface area contributed by atoms with Gasteiger partial charge < -0.3 is 19.5 Å². The molecule has 0 bridgehead atoms. The second-order valence-electron chi connectivity index (χ2n) is 5.13. The van der Waals surface area contributed by atoms with Crippen LogP contribution < -0.4 is 39.6 Å². The fourth-order valence-electron chi connectivity index (χ4n) is 1.70. The van der Waals surface area contributed by atoms with E-state index in [1.807, 2.05) is 6.92 Å². The largest absolute Gasteiger partial charge is 1.00 e. The number of carbonyl (C=O) groups excluding carboxylic acids is 3. The summed E-state index contributed by atoms with van der Waals surface area (Å²) in [6.07, 6.45) is 1.73. The maximum atomic E-state index is 11.6. The Morgan fingerprint density at radius 3 is 2.31 bits per heavy atom. The van der Waals surface area contributed by atoms with Gasteiger partial charge in [0.1, 0.15) is 5.75 Å². The number of alkyl carbamates (subject to hydrolysis) is 1. The van der Waals surface area contributed by atoms with Crippen molar-refractivity contribution in [2.45, 2.75) is 39.0 Å². The molecule has 0 saturated heterocycles. The number of esters is 2. The molecule has 0 radical (unpaired) electrons. The van der Waals surface area contributed by atoms with Crippen LogP contribution in [-0.2, 0) is 19.1 Å². The summed E-state index contributed by atoms with van der Waals surface area (Å²) in [5.74, 6) is -0.409. The molecule has 9 heteroatoms. The number of halogens is 1. The van der Waals surface area contributed by atoms with Crippen molar-refractivity contribution in [1.82, 2.24) is 5.32 Å². The standard InChI is InChI=1S/C17H22ClNO6.Na/c1-2-3-5-15(20)23-12-24-17(22)19-11-4-6-16(21)25-14-9-7-13(18)8-10-14;/h7-10H,2-6,11-12H2,1H3,(H,19,22);/q;+1. The number of hydrogen-bond donors (Lipinski definition) is 1. The van der Waals surface area contributed by atoms with E-state index in [-0.39, 0.29) is 42.5 Å². The molecule has 138 valence electrons. The van der Waals surface area contributed by atoms with Gasteiger partial charge in [-0.05, 0) is 37.1 Å². The van der Waals surface area contributed by atoms with E-state index in [1.165, 1.54) is 0 Å². The van der Waals surface area contributed by atoms with Crippen molar-refractivity contribution in [3.63, 3.8) is 0 Å². The summed E-state index contributed by atoms with van der Waals surface area (Å²) < 4.78 is 14.5. The number of carbonyl (C=O) groups is 3. The molecular weight excluding hydrogens is 373 g/mol. The Hall–Kier alpha value is -1.28. The van der Waals surface area contributed by atoms with Crippen LogP contribution in [0.3, 0.4) is 0 Å². The first kappa shape index (κ1) is 24.7. The first-order valence-electron chi connectivity index (χ1n) is 8.03. The van der Waals surface area contributed by atoms with Crippen LogP contribution >= 0.6 is 11.6 Å². The molecule has 1 aromatic carbocycles. The second kappa shape index (κ2) is 14.8. The number of ether oxygens (including phenoxy) is 3. The molecule has 0 unspecified atom stereocenters. The van der Waals surface area contributed by atoms with Gasteiger partial charge in [0.25, 0.3) is 0 Å². The van der Waals surface area contributed by atoms with Crippen LogP contribution in [0.4, 0.5) is 4.79 Å². The number of rotatable bonds is 10. The Balaban J connectivity index is 0.00000625. The summed E-state index contributed by atoms with van der Waals surface area (Å²) >= 11 is 5.74. The van der Waals surface area contributed by atoms with Gasteiger partial charge in [-0.25, -0.2) is 4.79 Å². The van der Waals surface area contributed by atoms with Crippen molar-refractivity contribution in [2.75, 3.05) is 13.3 Å². The molecule has 1 aromatic rings. The SMILES string of the molecule is CCCCC(=O)OCOC(=O)NCCCC(=O)Oc1ccc(Cl)cc1.[Na+]. The Kier molecular flexibility index (Phi) is 14.1. The van der Waals surface area contributed by atoms with Gasteiger partial charge in [-0.3, -0.25) is 9.59 Å². The monoisotopic (exact) mass is 394 g/mol. The Labute approximate surface area is 180 Å². The van der Waals surface area contributed by atoms with Crippen molar-refractivity contribution in [3.8, 4) is 5.75 Å². The summed E-state index contributed by atoms with van der Waals surface area (Å²) in [5, 5.41) is 3.00. The van der Waals surface area contributed by atoms with Crippen molar-refractivity contribution in [1.29, 1.82) is 0 Å². The van der Waals surface area contributed by atoms with Gasteiger partial charge in [0.05, 0.1) is 0 Å². The van der Waals surface area contributed by atoms with E-state index in [1.54, 1.807) is 24.3 Å². The Bertz CT molecular complexity index is 567. The molecule has 0 aliphatic rings. The second-order valence-corrected chi connectivity index (χ2v) is 5.56. The van der Waals surface area contributed by atoms with Crippen LogP contribution in [-0.4, -0.2) is 31.4 Å². The molecule has 0 spiro atoms. The molecular formula is C17H22ClNNaO6+. The molecule has 7 nitrogen and oxygen atoms in total. The zero-order valence-corrected chi connectivity index (χ0v) is 17.8. The first-order valence-corrected chi connectivity index (χ1v) is 8.41. The molecule has 1 rings (SSSR count). The minimum Gasteiger partial charge on any atom is -0.428 e. The average Bonchev–Trinajstić information content (AvgIpc) is 2.59. The minimum absolute atomic E-state index is 0. The van der Waals surface area contributed by atoms with E-state index >= 15 is 0 Å². The molecule has 0 aliphatic heterocycles. The zero-order chi connectivity index (χ0) is 18.5. The van der Waals surface area contributed by atoms with Gasteiger partial charge >= 0.3 is 47.6 Å². The summed E-state index contributed by atoms with van der Waals surface area (Å²) in [6, 6.07) is 6.43. The molecule has 0 fully saturated rings. The predicted octanol–water partition coefficient (Wildman–Crippen LogP) is 0.447. The third-order valence-corrected chi connectivity index (χ3v) is 3.27. The third-order valence-electron chi connectivity index (χ3n) is 3.02. The summed E-state index contributed by atoms with van der Waals surface area (Å²) in [4.78, 5) is 34.2. The third kappa shape index (κ3) is 12.1. The molecule has 0 saturated carbocycles. The van der Waals surface area contributed by atoms with E-state index in [2.05, 4.69) is 10.1 Å². The molecule has 1 N–H and O–H groups in total. The van der Waals surface area contributed by atoms with E-state index in [9.17, 15) is 14.4 Å². The molecule has 0 aliphatic carbocycles. The van der Waals surface area contributed by atoms with Crippen molar-refractivity contribution < 1.29 is 58.2 Å². The van der Waals surface area contributed by atoms with E-state index in [0.29, 0.717) is 23.6 Å². The quantitative estimate of drug-likeness (QED) is 0.204. The van der Waals surface area contributed by atoms with E-state index < -0.39 is 24.8 Å². The number of unbranched alkanes of at least 4 members (excludes halogenated alkanes) is 1. The van der Waals surface area contributed by atoms with Crippen LogP contribution in [0.2, 0.25) is 5.02 Å². The molecule has 26 heavy (non-hydrogen) atoms. The molecule has 0 heterocycles. The number of hydrogen-bond acceptors (Lipinski definition) is 6. The summed E-state index contributed by atoms with van der Waals surface area (Å²) in [5.41, 5.74) is 0. The predicted molar refractivity (Wildman–Crippen MR) is 91.3 cm³/mol. The van der Waals surface area contributed by atoms with Gasteiger partial charge in [-0.15, -0.1) is 0 Å². The fraction of sp³-hybridized carbons (Fsp3) is 0.471. The molecule has 0 atom stereocenters. The van der Waals surface area contributed by atoms with E-state index in [4.69, 9.17) is 21.1 Å². The Morgan fingerprint density at radius 1 is 1.00 bits per heavy atom.